The summed E-state index contributed by atoms with van der Waals surface area (Å²) in [6, 6.07) is 4.07. The Hall–Kier alpha value is -2.19. The van der Waals surface area contributed by atoms with E-state index in [1.165, 1.54) is 16.9 Å². The minimum atomic E-state index is -0.520. The van der Waals surface area contributed by atoms with Crippen molar-refractivity contribution in [3.63, 3.8) is 0 Å². The van der Waals surface area contributed by atoms with Gasteiger partial charge < -0.3 is 4.40 Å². The molecule has 3 aromatic heterocycles. The zero-order chi connectivity index (χ0) is 13.8. The van der Waals surface area contributed by atoms with Gasteiger partial charge in [-0.3, -0.25) is 0 Å². The number of hydrogen-bond acceptors (Lipinski definition) is 3. The molecule has 0 aliphatic rings. The lowest BCUT2D eigenvalue weighted by molar-refractivity contribution is 0.483. The van der Waals surface area contributed by atoms with Crippen LogP contribution in [0.15, 0.2) is 36.1 Å². The van der Waals surface area contributed by atoms with E-state index in [-0.39, 0.29) is 0 Å². The molecule has 100 valence electrons. The molecule has 0 saturated heterocycles. The van der Waals surface area contributed by atoms with E-state index in [4.69, 9.17) is 0 Å². The van der Waals surface area contributed by atoms with E-state index in [2.05, 4.69) is 27.9 Å². The van der Waals surface area contributed by atoms with Crippen molar-refractivity contribution in [1.29, 1.82) is 0 Å². The Morgan fingerprint density at radius 1 is 1.35 bits per heavy atom. The highest BCUT2D eigenvalue weighted by atomic mass is 32.1. The van der Waals surface area contributed by atoms with Crippen molar-refractivity contribution < 1.29 is 4.39 Å². The lowest BCUT2D eigenvalue weighted by Gasteiger charge is -2.00. The number of fused-ring (bicyclic) bond motifs is 1. The minimum absolute atomic E-state index is 0.483. The molecule has 0 aliphatic carbocycles. The predicted octanol–water partition coefficient (Wildman–Crippen LogP) is 3.24. The normalized spacial score (nSPS) is 10.4. The second-order valence-corrected chi connectivity index (χ2v) is 5.20. The van der Waals surface area contributed by atoms with Crippen LogP contribution in [0.2, 0.25) is 0 Å². The van der Waals surface area contributed by atoms with Crippen LogP contribution in [0.4, 0.5) is 4.39 Å². The Labute approximate surface area is 120 Å². The van der Waals surface area contributed by atoms with Gasteiger partial charge in [0.2, 0.25) is 0 Å². The Balaban J connectivity index is 1.67. The van der Waals surface area contributed by atoms with E-state index >= 15 is 0 Å². The van der Waals surface area contributed by atoms with Crippen molar-refractivity contribution in [3.05, 3.63) is 52.4 Å². The molecule has 0 aliphatic heterocycles. The summed E-state index contributed by atoms with van der Waals surface area (Å²) in [5.41, 5.74) is 2.80. The fourth-order valence-corrected chi connectivity index (χ4v) is 2.56. The second-order valence-electron chi connectivity index (χ2n) is 4.25. The smallest absolute Gasteiger partial charge is 0.141 e. The van der Waals surface area contributed by atoms with Crippen molar-refractivity contribution in [1.82, 2.24) is 14.4 Å². The van der Waals surface area contributed by atoms with Crippen LogP contribution in [0.5, 0.6) is 0 Å². The molecule has 0 bridgehead atoms. The van der Waals surface area contributed by atoms with Crippen LogP contribution in [-0.4, -0.2) is 14.4 Å². The molecule has 3 rings (SSSR count). The summed E-state index contributed by atoms with van der Waals surface area (Å²) in [4.78, 5) is 8.40. The first-order chi connectivity index (χ1) is 9.86. The van der Waals surface area contributed by atoms with Gasteiger partial charge in [-0.15, -0.1) is 11.3 Å². The molecular weight excluding hydrogens is 273 g/mol. The van der Waals surface area contributed by atoms with Gasteiger partial charge in [-0.05, 0) is 24.0 Å². The maximum absolute atomic E-state index is 12.4. The molecule has 0 saturated carbocycles. The van der Waals surface area contributed by atoms with E-state index in [0.717, 1.165) is 18.5 Å². The Kier molecular flexibility index (Phi) is 3.75. The number of nitrogens with zero attached hydrogens (tertiary/aromatic N) is 3. The second kappa shape index (κ2) is 5.85. The number of rotatable bonds is 3. The molecule has 3 aromatic rings. The maximum atomic E-state index is 12.4. The fourth-order valence-electron chi connectivity index (χ4n) is 1.98. The SMILES string of the molecule is FCc1nc(C#CCCc2cccn3ccnc23)cs1. The van der Waals surface area contributed by atoms with E-state index in [1.807, 2.05) is 22.9 Å². The molecule has 0 N–H and O–H groups in total. The van der Waals surface area contributed by atoms with Crippen LogP contribution in [0.25, 0.3) is 5.65 Å². The van der Waals surface area contributed by atoms with Crippen LogP contribution >= 0.6 is 11.3 Å². The van der Waals surface area contributed by atoms with Gasteiger partial charge in [-0.1, -0.05) is 12.0 Å². The largest absolute Gasteiger partial charge is 0.307 e. The Bertz CT molecular complexity index is 779. The summed E-state index contributed by atoms with van der Waals surface area (Å²) in [5.74, 6) is 6.05. The number of halogens is 1. The number of aromatic nitrogens is 3. The molecule has 0 spiro atoms. The number of hydrogen-bond donors (Lipinski definition) is 0. The highest BCUT2D eigenvalue weighted by Gasteiger charge is 2.01. The van der Waals surface area contributed by atoms with Gasteiger partial charge in [0, 0.05) is 30.4 Å². The summed E-state index contributed by atoms with van der Waals surface area (Å²) >= 11 is 1.31. The van der Waals surface area contributed by atoms with Gasteiger partial charge in [-0.2, -0.15) is 0 Å². The minimum Gasteiger partial charge on any atom is -0.307 e. The molecule has 5 heteroatoms. The molecule has 0 amide bonds. The lowest BCUT2D eigenvalue weighted by atomic mass is 10.1. The molecule has 0 atom stereocenters. The number of imidazole rings is 1. The zero-order valence-electron chi connectivity index (χ0n) is 10.7. The molecule has 3 nitrogen and oxygen atoms in total. The number of thiazole rings is 1. The Morgan fingerprint density at radius 2 is 2.30 bits per heavy atom. The van der Waals surface area contributed by atoms with Crippen molar-refractivity contribution in [2.45, 2.75) is 19.5 Å². The zero-order valence-corrected chi connectivity index (χ0v) is 11.5. The van der Waals surface area contributed by atoms with Crippen molar-refractivity contribution >= 4 is 17.0 Å². The van der Waals surface area contributed by atoms with Gasteiger partial charge >= 0.3 is 0 Å². The van der Waals surface area contributed by atoms with Crippen LogP contribution in [0.3, 0.4) is 0 Å². The van der Waals surface area contributed by atoms with E-state index < -0.39 is 6.67 Å². The molecule has 0 radical (unpaired) electrons. The van der Waals surface area contributed by atoms with Crippen molar-refractivity contribution in [2.24, 2.45) is 0 Å². The summed E-state index contributed by atoms with van der Waals surface area (Å²) in [6.45, 7) is -0.520. The Morgan fingerprint density at radius 3 is 3.15 bits per heavy atom. The van der Waals surface area contributed by atoms with Crippen molar-refractivity contribution in [2.75, 3.05) is 0 Å². The average molecular weight is 285 g/mol. The average Bonchev–Trinajstić information content (AvgIpc) is 3.12. The lowest BCUT2D eigenvalue weighted by Crippen LogP contribution is -1.91. The summed E-state index contributed by atoms with van der Waals surface area (Å²) in [5, 5.41) is 2.27. The number of aryl methyl sites for hydroxylation is 1. The van der Waals surface area contributed by atoms with Crippen LogP contribution in [-0.2, 0) is 13.1 Å². The monoisotopic (exact) mass is 285 g/mol. The van der Waals surface area contributed by atoms with Gasteiger partial charge in [-0.25, -0.2) is 14.4 Å². The topological polar surface area (TPSA) is 30.2 Å². The molecule has 0 unspecified atom stereocenters. The van der Waals surface area contributed by atoms with Crippen molar-refractivity contribution in [3.8, 4) is 11.8 Å². The first kappa shape index (κ1) is 12.8. The predicted molar refractivity (Wildman–Crippen MR) is 77.3 cm³/mol. The third-order valence-corrected chi connectivity index (χ3v) is 3.72. The number of pyridine rings is 1. The molecule has 0 aromatic carbocycles. The molecule has 20 heavy (non-hydrogen) atoms. The maximum Gasteiger partial charge on any atom is 0.141 e. The van der Waals surface area contributed by atoms with Gasteiger partial charge in [0.25, 0.3) is 0 Å². The quantitative estimate of drug-likeness (QED) is 0.692. The highest BCUT2D eigenvalue weighted by Crippen LogP contribution is 2.11. The first-order valence-corrected chi connectivity index (χ1v) is 7.14. The van der Waals surface area contributed by atoms with E-state index in [1.54, 1.807) is 11.6 Å². The summed E-state index contributed by atoms with van der Waals surface area (Å²) < 4.78 is 14.4. The first-order valence-electron chi connectivity index (χ1n) is 6.26. The standard InChI is InChI=1S/C15H12FN3S/c16-10-14-18-13(11-20-14)6-2-1-4-12-5-3-8-19-9-7-17-15(12)19/h3,5,7-9,11H,1,4,10H2. The van der Waals surface area contributed by atoms with Crippen LogP contribution in [0, 0.1) is 11.8 Å². The highest BCUT2D eigenvalue weighted by molar-refractivity contribution is 7.09. The molecule has 3 heterocycles. The van der Waals surface area contributed by atoms with E-state index in [9.17, 15) is 4.39 Å². The van der Waals surface area contributed by atoms with E-state index in [0.29, 0.717) is 10.7 Å². The third kappa shape index (κ3) is 2.70. The number of alkyl halides is 1. The van der Waals surface area contributed by atoms with Gasteiger partial charge in [0.1, 0.15) is 23.0 Å². The molecular formula is C15H12FN3S. The van der Waals surface area contributed by atoms with Gasteiger partial charge in [0.15, 0.2) is 0 Å². The molecule has 0 fully saturated rings. The van der Waals surface area contributed by atoms with Crippen LogP contribution in [0.1, 0.15) is 22.7 Å². The van der Waals surface area contributed by atoms with Crippen LogP contribution < -0.4 is 0 Å². The third-order valence-electron chi connectivity index (χ3n) is 2.90. The van der Waals surface area contributed by atoms with Gasteiger partial charge in [0.05, 0.1) is 0 Å². The summed E-state index contributed by atoms with van der Waals surface area (Å²) in [6.07, 6.45) is 7.27. The fraction of sp³-hybridized carbons (Fsp3) is 0.200. The summed E-state index contributed by atoms with van der Waals surface area (Å²) in [7, 11) is 0.